The van der Waals surface area contributed by atoms with E-state index in [1.54, 1.807) is 11.3 Å². The van der Waals surface area contributed by atoms with Crippen molar-refractivity contribution >= 4 is 41.3 Å². The van der Waals surface area contributed by atoms with Gasteiger partial charge < -0.3 is 15.5 Å². The third-order valence-electron chi connectivity index (χ3n) is 4.05. The first-order valence-corrected chi connectivity index (χ1v) is 8.85. The molecular formula is C16H29IN4S. The number of hydrogen-bond donors (Lipinski definition) is 2. The summed E-state index contributed by atoms with van der Waals surface area (Å²) in [7, 11) is 1.83. The van der Waals surface area contributed by atoms with Gasteiger partial charge in [0.15, 0.2) is 5.96 Å². The Morgan fingerprint density at radius 3 is 2.77 bits per heavy atom. The number of thiophene rings is 1. The molecule has 1 aliphatic rings. The predicted octanol–water partition coefficient (Wildman–Crippen LogP) is 3.15. The van der Waals surface area contributed by atoms with Crippen molar-refractivity contribution in [1.82, 2.24) is 15.5 Å². The molecule has 0 radical (unpaired) electrons. The smallest absolute Gasteiger partial charge is 0.191 e. The van der Waals surface area contributed by atoms with Crippen molar-refractivity contribution in [2.75, 3.05) is 33.2 Å². The van der Waals surface area contributed by atoms with E-state index >= 15 is 0 Å². The van der Waals surface area contributed by atoms with Crippen molar-refractivity contribution in [1.29, 1.82) is 0 Å². The van der Waals surface area contributed by atoms with Crippen molar-refractivity contribution in [3.8, 4) is 0 Å². The van der Waals surface area contributed by atoms with Crippen LogP contribution in [0.4, 0.5) is 0 Å². The van der Waals surface area contributed by atoms with Crippen LogP contribution in [0.2, 0.25) is 0 Å². The van der Waals surface area contributed by atoms with E-state index in [-0.39, 0.29) is 24.0 Å². The molecule has 1 aliphatic heterocycles. The fourth-order valence-corrected chi connectivity index (χ4v) is 3.24. The van der Waals surface area contributed by atoms with Crippen LogP contribution >= 0.6 is 35.3 Å². The Kier molecular flexibility index (Phi) is 10.1. The third-order valence-corrected chi connectivity index (χ3v) is 4.93. The number of halogens is 1. The Hall–Kier alpha value is -0.340. The Morgan fingerprint density at radius 1 is 1.36 bits per heavy atom. The molecule has 126 valence electrons. The summed E-state index contributed by atoms with van der Waals surface area (Å²) in [5.74, 6) is 1.82. The van der Waals surface area contributed by atoms with Gasteiger partial charge in [-0.25, -0.2) is 0 Å². The Morgan fingerprint density at radius 2 is 2.14 bits per heavy atom. The van der Waals surface area contributed by atoms with Crippen LogP contribution in [0.3, 0.4) is 0 Å². The number of likely N-dealkylation sites (tertiary alicyclic amines) is 1. The fourth-order valence-electron chi connectivity index (χ4n) is 2.60. The van der Waals surface area contributed by atoms with Crippen LogP contribution in [0, 0.1) is 5.92 Å². The molecule has 0 unspecified atom stereocenters. The van der Waals surface area contributed by atoms with Crippen molar-refractivity contribution in [3.63, 3.8) is 0 Å². The number of rotatable bonds is 6. The maximum absolute atomic E-state index is 4.27. The van der Waals surface area contributed by atoms with E-state index in [0.29, 0.717) is 0 Å². The summed E-state index contributed by atoms with van der Waals surface area (Å²) in [6.45, 7) is 7.93. The van der Waals surface area contributed by atoms with Crippen LogP contribution in [0.25, 0.3) is 0 Å². The first kappa shape index (κ1) is 19.7. The highest BCUT2D eigenvalue weighted by molar-refractivity contribution is 14.0. The molecule has 6 heteroatoms. The SMILES string of the molecule is CN=C(NCCCN1CCC(C)CC1)NCc1cccs1.I. The second-order valence-corrected chi connectivity index (χ2v) is 6.84. The van der Waals surface area contributed by atoms with Crippen molar-refractivity contribution in [3.05, 3.63) is 22.4 Å². The standard InChI is InChI=1S/C16H28N4S.HI/c1-14-6-10-20(11-7-14)9-4-8-18-16(17-2)19-13-15-5-3-12-21-15;/h3,5,12,14H,4,6-11,13H2,1-2H3,(H2,17,18,19);1H. The van der Waals surface area contributed by atoms with Gasteiger partial charge >= 0.3 is 0 Å². The number of nitrogens with one attached hydrogen (secondary N) is 2. The maximum Gasteiger partial charge on any atom is 0.191 e. The number of aliphatic imine (C=N–C) groups is 1. The van der Waals surface area contributed by atoms with Crippen LogP contribution < -0.4 is 10.6 Å². The molecule has 0 bridgehead atoms. The average molecular weight is 436 g/mol. The van der Waals surface area contributed by atoms with Crippen molar-refractivity contribution in [2.45, 2.75) is 32.7 Å². The average Bonchev–Trinajstić information content (AvgIpc) is 3.02. The highest BCUT2D eigenvalue weighted by atomic mass is 127. The molecule has 0 amide bonds. The van der Waals surface area contributed by atoms with Crippen LogP contribution in [-0.4, -0.2) is 44.1 Å². The quantitative estimate of drug-likeness (QED) is 0.312. The topological polar surface area (TPSA) is 39.7 Å². The van der Waals surface area contributed by atoms with Crippen molar-refractivity contribution < 1.29 is 0 Å². The zero-order valence-corrected chi connectivity index (χ0v) is 16.8. The summed E-state index contributed by atoms with van der Waals surface area (Å²) in [4.78, 5) is 8.19. The second-order valence-electron chi connectivity index (χ2n) is 5.81. The Bertz CT molecular complexity index is 414. The van der Waals surface area contributed by atoms with Crippen LogP contribution in [0.15, 0.2) is 22.5 Å². The minimum absolute atomic E-state index is 0. The van der Waals surface area contributed by atoms with E-state index in [4.69, 9.17) is 0 Å². The zero-order chi connectivity index (χ0) is 14.9. The summed E-state index contributed by atoms with van der Waals surface area (Å²) < 4.78 is 0. The summed E-state index contributed by atoms with van der Waals surface area (Å²) in [5.41, 5.74) is 0. The summed E-state index contributed by atoms with van der Waals surface area (Å²) >= 11 is 1.77. The van der Waals surface area contributed by atoms with Gasteiger partial charge in [0, 0.05) is 18.5 Å². The fraction of sp³-hybridized carbons (Fsp3) is 0.688. The molecule has 2 rings (SSSR count). The second kappa shape index (κ2) is 11.2. The lowest BCUT2D eigenvalue weighted by Crippen LogP contribution is -2.39. The van der Waals surface area contributed by atoms with Gasteiger partial charge in [0.05, 0.1) is 6.54 Å². The number of hydrogen-bond acceptors (Lipinski definition) is 3. The van der Waals surface area contributed by atoms with Gasteiger partial charge in [-0.05, 0) is 56.3 Å². The molecule has 2 N–H and O–H groups in total. The van der Waals surface area contributed by atoms with Crippen LogP contribution in [-0.2, 0) is 6.54 Å². The van der Waals surface area contributed by atoms with Crippen molar-refractivity contribution in [2.24, 2.45) is 10.9 Å². The molecule has 1 fully saturated rings. The summed E-state index contributed by atoms with van der Waals surface area (Å²) in [5, 5.41) is 8.85. The highest BCUT2D eigenvalue weighted by Gasteiger charge is 2.14. The lowest BCUT2D eigenvalue weighted by atomic mass is 9.99. The molecule has 1 aromatic heterocycles. The monoisotopic (exact) mass is 436 g/mol. The first-order chi connectivity index (χ1) is 10.3. The number of piperidine rings is 1. The van der Waals surface area contributed by atoms with Gasteiger partial charge in [-0.3, -0.25) is 4.99 Å². The van der Waals surface area contributed by atoms with E-state index in [0.717, 1.165) is 25.0 Å². The highest BCUT2D eigenvalue weighted by Crippen LogP contribution is 2.15. The Balaban J connectivity index is 0.00000242. The summed E-state index contributed by atoms with van der Waals surface area (Å²) in [6, 6.07) is 4.22. The van der Waals surface area contributed by atoms with Crippen LogP contribution in [0.1, 0.15) is 31.1 Å². The molecule has 2 heterocycles. The van der Waals surface area contributed by atoms with E-state index in [2.05, 4.69) is 45.0 Å². The van der Waals surface area contributed by atoms with E-state index in [9.17, 15) is 0 Å². The first-order valence-electron chi connectivity index (χ1n) is 7.97. The number of guanidine groups is 1. The molecule has 22 heavy (non-hydrogen) atoms. The van der Waals surface area contributed by atoms with Crippen LogP contribution in [0.5, 0.6) is 0 Å². The van der Waals surface area contributed by atoms with E-state index < -0.39 is 0 Å². The lowest BCUT2D eigenvalue weighted by Gasteiger charge is -2.30. The minimum atomic E-state index is 0. The molecule has 0 aromatic carbocycles. The lowest BCUT2D eigenvalue weighted by molar-refractivity contribution is 0.191. The van der Waals surface area contributed by atoms with Gasteiger partial charge in [0.25, 0.3) is 0 Å². The molecule has 0 atom stereocenters. The summed E-state index contributed by atoms with van der Waals surface area (Å²) in [6.07, 6.45) is 3.89. The molecule has 4 nitrogen and oxygen atoms in total. The zero-order valence-electron chi connectivity index (χ0n) is 13.7. The largest absolute Gasteiger partial charge is 0.356 e. The van der Waals surface area contributed by atoms with Gasteiger partial charge in [-0.1, -0.05) is 13.0 Å². The van der Waals surface area contributed by atoms with E-state index in [1.165, 1.54) is 43.8 Å². The van der Waals surface area contributed by atoms with Gasteiger partial charge in [-0.15, -0.1) is 35.3 Å². The normalized spacial score (nSPS) is 17.1. The minimum Gasteiger partial charge on any atom is -0.356 e. The molecule has 0 aliphatic carbocycles. The van der Waals surface area contributed by atoms with Gasteiger partial charge in [0.1, 0.15) is 0 Å². The number of nitrogens with zero attached hydrogens (tertiary/aromatic N) is 2. The van der Waals surface area contributed by atoms with Gasteiger partial charge in [0.2, 0.25) is 0 Å². The van der Waals surface area contributed by atoms with E-state index in [1.807, 2.05) is 7.05 Å². The molecule has 1 aromatic rings. The molecule has 1 saturated heterocycles. The predicted molar refractivity (Wildman–Crippen MR) is 107 cm³/mol. The maximum atomic E-state index is 4.27. The molecular weight excluding hydrogens is 407 g/mol. The van der Waals surface area contributed by atoms with Gasteiger partial charge in [-0.2, -0.15) is 0 Å². The molecule has 0 saturated carbocycles. The Labute approximate surface area is 155 Å². The molecule has 0 spiro atoms. The third kappa shape index (κ3) is 7.28.